The van der Waals surface area contributed by atoms with Crippen molar-refractivity contribution in [3.05, 3.63) is 30.2 Å². The van der Waals surface area contributed by atoms with Gasteiger partial charge in [0.15, 0.2) is 11.5 Å². The SMILES string of the molecule is CC(N)CC(=O)NC(C)c1nnc2ccccn12.Cl.Cl. The van der Waals surface area contributed by atoms with Gasteiger partial charge in [0, 0.05) is 18.7 Å². The number of nitrogens with one attached hydrogen (secondary N) is 1. The third-order valence-corrected chi connectivity index (χ3v) is 2.61. The van der Waals surface area contributed by atoms with E-state index < -0.39 is 0 Å². The third kappa shape index (κ3) is 4.33. The predicted molar refractivity (Wildman–Crippen MR) is 82.3 cm³/mol. The van der Waals surface area contributed by atoms with Crippen LogP contribution in [0.4, 0.5) is 0 Å². The number of hydrogen-bond acceptors (Lipinski definition) is 4. The van der Waals surface area contributed by atoms with Crippen LogP contribution in [-0.2, 0) is 4.79 Å². The van der Waals surface area contributed by atoms with E-state index in [4.69, 9.17) is 5.73 Å². The molecule has 0 radical (unpaired) electrons. The van der Waals surface area contributed by atoms with Crippen LogP contribution in [0.1, 0.15) is 32.1 Å². The summed E-state index contributed by atoms with van der Waals surface area (Å²) >= 11 is 0. The first-order valence-electron chi connectivity index (χ1n) is 5.92. The van der Waals surface area contributed by atoms with E-state index in [1.165, 1.54) is 0 Å². The molecule has 2 rings (SSSR count). The van der Waals surface area contributed by atoms with Gasteiger partial charge in [-0.2, -0.15) is 0 Å². The zero-order chi connectivity index (χ0) is 13.1. The van der Waals surface area contributed by atoms with E-state index in [1.54, 1.807) is 6.92 Å². The summed E-state index contributed by atoms with van der Waals surface area (Å²) in [4.78, 5) is 11.6. The van der Waals surface area contributed by atoms with Crippen molar-refractivity contribution < 1.29 is 4.79 Å². The summed E-state index contributed by atoms with van der Waals surface area (Å²) in [6, 6.07) is 5.32. The smallest absolute Gasteiger partial charge is 0.222 e. The summed E-state index contributed by atoms with van der Waals surface area (Å²) < 4.78 is 1.86. The second kappa shape index (κ2) is 8.04. The van der Waals surface area contributed by atoms with Crippen molar-refractivity contribution in [2.24, 2.45) is 5.73 Å². The number of aromatic nitrogens is 3. The Kier molecular flexibility index (Phi) is 7.49. The number of nitrogens with two attached hydrogens (primary N) is 1. The molecule has 0 bridgehead atoms. The summed E-state index contributed by atoms with van der Waals surface area (Å²) in [5, 5.41) is 11.0. The van der Waals surface area contributed by atoms with Crippen LogP contribution in [0, 0.1) is 0 Å². The highest BCUT2D eigenvalue weighted by atomic mass is 35.5. The molecule has 0 aliphatic rings. The second-order valence-corrected chi connectivity index (χ2v) is 4.46. The van der Waals surface area contributed by atoms with Crippen LogP contribution in [0.5, 0.6) is 0 Å². The summed E-state index contributed by atoms with van der Waals surface area (Å²) in [5.74, 6) is 0.633. The highest BCUT2D eigenvalue weighted by molar-refractivity contribution is 5.85. The summed E-state index contributed by atoms with van der Waals surface area (Å²) in [6.45, 7) is 3.68. The number of pyridine rings is 1. The van der Waals surface area contributed by atoms with Crippen molar-refractivity contribution in [3.8, 4) is 0 Å². The molecule has 2 atom stereocenters. The number of rotatable bonds is 4. The Morgan fingerprint density at radius 3 is 2.70 bits per heavy atom. The molecular weight excluding hydrogens is 301 g/mol. The Balaban J connectivity index is 0.00000180. The minimum Gasteiger partial charge on any atom is -0.346 e. The largest absolute Gasteiger partial charge is 0.346 e. The van der Waals surface area contributed by atoms with Crippen molar-refractivity contribution >= 4 is 36.4 Å². The second-order valence-electron chi connectivity index (χ2n) is 4.46. The molecule has 0 saturated heterocycles. The maximum Gasteiger partial charge on any atom is 0.222 e. The van der Waals surface area contributed by atoms with E-state index in [-0.39, 0.29) is 42.8 Å². The van der Waals surface area contributed by atoms with E-state index in [0.29, 0.717) is 12.2 Å². The van der Waals surface area contributed by atoms with Crippen LogP contribution in [-0.4, -0.2) is 26.5 Å². The molecular formula is C12H19Cl2N5O. The highest BCUT2D eigenvalue weighted by Crippen LogP contribution is 2.11. The number of nitrogens with zero attached hydrogens (tertiary/aromatic N) is 3. The number of fused-ring (bicyclic) bond motifs is 1. The zero-order valence-corrected chi connectivity index (χ0v) is 12.9. The van der Waals surface area contributed by atoms with Gasteiger partial charge >= 0.3 is 0 Å². The van der Waals surface area contributed by atoms with Gasteiger partial charge in [-0.3, -0.25) is 9.20 Å². The molecule has 8 heteroatoms. The first kappa shape index (κ1) is 18.6. The van der Waals surface area contributed by atoms with Gasteiger partial charge in [0.05, 0.1) is 6.04 Å². The van der Waals surface area contributed by atoms with E-state index >= 15 is 0 Å². The van der Waals surface area contributed by atoms with Gasteiger partial charge < -0.3 is 11.1 Å². The van der Waals surface area contributed by atoms with Crippen LogP contribution in [0.3, 0.4) is 0 Å². The molecule has 3 N–H and O–H groups in total. The molecule has 0 saturated carbocycles. The average molecular weight is 320 g/mol. The first-order chi connectivity index (χ1) is 8.58. The fourth-order valence-electron chi connectivity index (χ4n) is 1.81. The zero-order valence-electron chi connectivity index (χ0n) is 11.3. The number of carbonyl (C=O) groups is 1. The van der Waals surface area contributed by atoms with E-state index in [0.717, 1.165) is 5.65 Å². The van der Waals surface area contributed by atoms with Crippen molar-refractivity contribution in [2.45, 2.75) is 32.4 Å². The van der Waals surface area contributed by atoms with Gasteiger partial charge in [0.1, 0.15) is 0 Å². The van der Waals surface area contributed by atoms with Crippen molar-refractivity contribution in [3.63, 3.8) is 0 Å². The molecule has 0 aliphatic heterocycles. The van der Waals surface area contributed by atoms with Crippen LogP contribution in [0.25, 0.3) is 5.65 Å². The molecule has 2 heterocycles. The first-order valence-corrected chi connectivity index (χ1v) is 5.92. The lowest BCUT2D eigenvalue weighted by Crippen LogP contribution is -2.32. The Morgan fingerprint density at radius 1 is 1.35 bits per heavy atom. The van der Waals surface area contributed by atoms with Gasteiger partial charge in [-0.05, 0) is 26.0 Å². The van der Waals surface area contributed by atoms with Crippen molar-refractivity contribution in [2.75, 3.05) is 0 Å². The van der Waals surface area contributed by atoms with Gasteiger partial charge in [0.25, 0.3) is 0 Å². The third-order valence-electron chi connectivity index (χ3n) is 2.61. The number of halogens is 2. The Labute approximate surface area is 130 Å². The standard InChI is InChI=1S/C12H17N5O.2ClH/c1-8(13)7-11(18)14-9(2)12-16-15-10-5-3-4-6-17(10)12;;/h3-6,8-9H,7,13H2,1-2H3,(H,14,18);2*1H. The molecule has 0 aromatic carbocycles. The lowest BCUT2D eigenvalue weighted by atomic mass is 10.2. The summed E-state index contributed by atoms with van der Waals surface area (Å²) in [7, 11) is 0. The molecule has 2 unspecified atom stereocenters. The number of hydrogen-bond donors (Lipinski definition) is 2. The normalized spacial score (nSPS) is 12.9. The molecule has 0 aliphatic carbocycles. The molecule has 2 aromatic rings. The quantitative estimate of drug-likeness (QED) is 0.894. The lowest BCUT2D eigenvalue weighted by Gasteiger charge is -2.13. The topological polar surface area (TPSA) is 85.3 Å². The number of amides is 1. The Morgan fingerprint density at radius 2 is 2.05 bits per heavy atom. The fourth-order valence-corrected chi connectivity index (χ4v) is 1.81. The van der Waals surface area contributed by atoms with Crippen LogP contribution >= 0.6 is 24.8 Å². The molecule has 20 heavy (non-hydrogen) atoms. The maximum atomic E-state index is 11.6. The summed E-state index contributed by atoms with van der Waals surface area (Å²) in [6.07, 6.45) is 2.18. The van der Waals surface area contributed by atoms with Crippen LogP contribution < -0.4 is 11.1 Å². The van der Waals surface area contributed by atoms with E-state index in [9.17, 15) is 4.79 Å². The van der Waals surface area contributed by atoms with Gasteiger partial charge in [-0.15, -0.1) is 35.0 Å². The van der Waals surface area contributed by atoms with Crippen molar-refractivity contribution in [1.82, 2.24) is 19.9 Å². The highest BCUT2D eigenvalue weighted by Gasteiger charge is 2.15. The molecule has 112 valence electrons. The van der Waals surface area contributed by atoms with Crippen LogP contribution in [0.2, 0.25) is 0 Å². The van der Waals surface area contributed by atoms with Gasteiger partial charge in [-0.1, -0.05) is 6.07 Å². The van der Waals surface area contributed by atoms with Crippen LogP contribution in [0.15, 0.2) is 24.4 Å². The maximum absolute atomic E-state index is 11.6. The lowest BCUT2D eigenvalue weighted by molar-refractivity contribution is -0.122. The predicted octanol–water partition coefficient (Wildman–Crippen LogP) is 1.49. The van der Waals surface area contributed by atoms with E-state index in [2.05, 4.69) is 15.5 Å². The monoisotopic (exact) mass is 319 g/mol. The Hall–Kier alpha value is -1.37. The minimum absolute atomic E-state index is 0. The van der Waals surface area contributed by atoms with Gasteiger partial charge in [0.2, 0.25) is 5.91 Å². The van der Waals surface area contributed by atoms with Gasteiger partial charge in [-0.25, -0.2) is 0 Å². The molecule has 0 spiro atoms. The number of carbonyl (C=O) groups excluding carboxylic acids is 1. The minimum atomic E-state index is -0.200. The molecule has 2 aromatic heterocycles. The average Bonchev–Trinajstić information content (AvgIpc) is 2.71. The van der Waals surface area contributed by atoms with E-state index in [1.807, 2.05) is 35.7 Å². The van der Waals surface area contributed by atoms with Crippen molar-refractivity contribution in [1.29, 1.82) is 0 Å². The molecule has 6 nitrogen and oxygen atoms in total. The Bertz CT molecular complexity index is 558. The molecule has 0 fully saturated rings. The molecule has 1 amide bonds. The fraction of sp³-hybridized carbons (Fsp3) is 0.417. The summed E-state index contributed by atoms with van der Waals surface area (Å²) in [5.41, 5.74) is 6.35.